The molecule has 0 bridgehead atoms. The van der Waals surface area contributed by atoms with E-state index in [2.05, 4.69) is 0 Å². The van der Waals surface area contributed by atoms with Crippen molar-refractivity contribution in [3.8, 4) is 5.75 Å². The lowest BCUT2D eigenvalue weighted by atomic mass is 10.1. The Balaban J connectivity index is 1.89. The molecule has 3 rings (SSSR count). The number of piperazine rings is 1. The molecule has 2 heterocycles. The first-order valence-electron chi connectivity index (χ1n) is 7.67. The van der Waals surface area contributed by atoms with Crippen molar-refractivity contribution in [2.24, 2.45) is 0 Å². The van der Waals surface area contributed by atoms with E-state index in [1.807, 2.05) is 0 Å². The predicted octanol–water partition coefficient (Wildman–Crippen LogP) is 1.11. The van der Waals surface area contributed by atoms with Gasteiger partial charge in [-0.2, -0.15) is 0 Å². The summed E-state index contributed by atoms with van der Waals surface area (Å²) in [4.78, 5) is 39.4. The van der Waals surface area contributed by atoms with Gasteiger partial charge in [-0.15, -0.1) is 0 Å². The topological polar surface area (TPSA) is 80.1 Å². The highest BCUT2D eigenvalue weighted by atomic mass is 16.5. The van der Waals surface area contributed by atoms with Crippen molar-refractivity contribution in [2.75, 3.05) is 33.3 Å². The molecule has 2 aromatic rings. The molecule has 2 amide bonds. The smallest absolute Gasteiger partial charge is 0.349 e. The van der Waals surface area contributed by atoms with E-state index >= 15 is 0 Å². The first kappa shape index (κ1) is 16.0. The molecule has 1 aromatic heterocycles. The summed E-state index contributed by atoms with van der Waals surface area (Å²) < 4.78 is 10.5. The van der Waals surface area contributed by atoms with Gasteiger partial charge in [-0.05, 0) is 12.1 Å². The number of para-hydroxylation sites is 1. The number of carbonyl (C=O) groups excluding carboxylic acids is 2. The number of rotatable bonds is 2. The molecule has 0 atom stereocenters. The molecule has 1 aromatic carbocycles. The van der Waals surface area contributed by atoms with Gasteiger partial charge in [0, 0.05) is 38.5 Å². The zero-order valence-electron chi connectivity index (χ0n) is 13.6. The number of amides is 2. The zero-order chi connectivity index (χ0) is 17.3. The molecule has 1 aliphatic rings. The maximum absolute atomic E-state index is 12.6. The van der Waals surface area contributed by atoms with E-state index in [1.54, 1.807) is 28.0 Å². The minimum atomic E-state index is -0.689. The number of benzene rings is 1. The van der Waals surface area contributed by atoms with Crippen molar-refractivity contribution in [3.05, 3.63) is 40.2 Å². The van der Waals surface area contributed by atoms with Crippen LogP contribution in [0.3, 0.4) is 0 Å². The molecule has 24 heavy (non-hydrogen) atoms. The standard InChI is InChI=1S/C17H18N2O5/c1-11(20)18-6-8-19(9-7-18)16(21)13-10-12-4-3-5-14(23-2)15(12)24-17(13)22/h3-5,10H,6-9H2,1-2H3. The molecule has 1 fully saturated rings. The van der Waals surface area contributed by atoms with Crippen LogP contribution < -0.4 is 10.4 Å². The van der Waals surface area contributed by atoms with Crippen molar-refractivity contribution in [1.82, 2.24) is 9.80 Å². The quantitative estimate of drug-likeness (QED) is 0.771. The number of nitrogens with zero attached hydrogens (tertiary/aromatic N) is 2. The van der Waals surface area contributed by atoms with Gasteiger partial charge in [0.15, 0.2) is 11.3 Å². The number of hydrogen-bond donors (Lipinski definition) is 0. The molecule has 0 spiro atoms. The normalized spacial score (nSPS) is 14.8. The van der Waals surface area contributed by atoms with Gasteiger partial charge >= 0.3 is 5.63 Å². The third-order valence-electron chi connectivity index (χ3n) is 4.19. The number of ether oxygens (including phenoxy) is 1. The maximum atomic E-state index is 12.6. The van der Waals surface area contributed by atoms with Gasteiger partial charge in [-0.1, -0.05) is 12.1 Å². The van der Waals surface area contributed by atoms with E-state index in [-0.39, 0.29) is 17.4 Å². The lowest BCUT2D eigenvalue weighted by molar-refractivity contribution is -0.130. The Morgan fingerprint density at radius 2 is 1.79 bits per heavy atom. The van der Waals surface area contributed by atoms with Crippen LogP contribution in [-0.4, -0.2) is 54.9 Å². The average molecular weight is 330 g/mol. The maximum Gasteiger partial charge on any atom is 0.349 e. The summed E-state index contributed by atoms with van der Waals surface area (Å²) in [6, 6.07) is 6.74. The fourth-order valence-electron chi connectivity index (χ4n) is 2.82. The fraction of sp³-hybridized carbons (Fsp3) is 0.353. The van der Waals surface area contributed by atoms with Crippen LogP contribution in [0.2, 0.25) is 0 Å². The molecule has 0 saturated carbocycles. The summed E-state index contributed by atoms with van der Waals surface area (Å²) in [6.45, 7) is 3.23. The molecule has 7 heteroatoms. The van der Waals surface area contributed by atoms with E-state index < -0.39 is 5.63 Å². The highest BCUT2D eigenvalue weighted by molar-refractivity contribution is 5.97. The van der Waals surface area contributed by atoms with Crippen LogP contribution >= 0.6 is 0 Å². The van der Waals surface area contributed by atoms with Crippen LogP contribution in [0.25, 0.3) is 11.0 Å². The monoisotopic (exact) mass is 330 g/mol. The summed E-state index contributed by atoms with van der Waals surface area (Å²) >= 11 is 0. The van der Waals surface area contributed by atoms with Gasteiger partial charge in [0.1, 0.15) is 5.56 Å². The van der Waals surface area contributed by atoms with Crippen LogP contribution in [0.15, 0.2) is 33.5 Å². The minimum Gasteiger partial charge on any atom is -0.493 e. The van der Waals surface area contributed by atoms with Gasteiger partial charge in [-0.25, -0.2) is 4.79 Å². The van der Waals surface area contributed by atoms with E-state index in [0.717, 1.165) is 0 Å². The third-order valence-corrected chi connectivity index (χ3v) is 4.19. The summed E-state index contributed by atoms with van der Waals surface area (Å²) in [7, 11) is 1.49. The summed E-state index contributed by atoms with van der Waals surface area (Å²) in [5.41, 5.74) is -0.374. The Labute approximate surface area is 138 Å². The minimum absolute atomic E-state index is 0.00738. The molecule has 7 nitrogen and oxygen atoms in total. The number of methoxy groups -OCH3 is 1. The number of carbonyl (C=O) groups is 2. The van der Waals surface area contributed by atoms with Gasteiger partial charge in [0.25, 0.3) is 5.91 Å². The van der Waals surface area contributed by atoms with Crippen molar-refractivity contribution < 1.29 is 18.7 Å². The summed E-state index contributed by atoms with van der Waals surface area (Å²) in [5.74, 6) is 0.0507. The van der Waals surface area contributed by atoms with E-state index in [9.17, 15) is 14.4 Å². The van der Waals surface area contributed by atoms with Crippen molar-refractivity contribution >= 4 is 22.8 Å². The van der Waals surface area contributed by atoms with Gasteiger partial charge in [-0.3, -0.25) is 9.59 Å². The van der Waals surface area contributed by atoms with E-state index in [4.69, 9.17) is 9.15 Å². The van der Waals surface area contributed by atoms with Crippen LogP contribution in [-0.2, 0) is 4.79 Å². The molecule has 0 N–H and O–H groups in total. The van der Waals surface area contributed by atoms with Gasteiger partial charge < -0.3 is 19.0 Å². The lowest BCUT2D eigenvalue weighted by Gasteiger charge is -2.34. The summed E-state index contributed by atoms with van der Waals surface area (Å²) in [5, 5.41) is 0.625. The Hall–Kier alpha value is -2.83. The van der Waals surface area contributed by atoms with Crippen molar-refractivity contribution in [1.29, 1.82) is 0 Å². The largest absolute Gasteiger partial charge is 0.493 e. The highest BCUT2D eigenvalue weighted by Crippen LogP contribution is 2.24. The highest BCUT2D eigenvalue weighted by Gasteiger charge is 2.26. The number of fused-ring (bicyclic) bond motifs is 1. The predicted molar refractivity (Wildman–Crippen MR) is 87.2 cm³/mol. The first-order chi connectivity index (χ1) is 11.5. The lowest BCUT2D eigenvalue weighted by Crippen LogP contribution is -2.50. The Morgan fingerprint density at radius 3 is 2.42 bits per heavy atom. The van der Waals surface area contributed by atoms with Crippen molar-refractivity contribution in [2.45, 2.75) is 6.92 Å². The van der Waals surface area contributed by atoms with Crippen LogP contribution in [0, 0.1) is 0 Å². The third kappa shape index (κ3) is 2.84. The van der Waals surface area contributed by atoms with Gasteiger partial charge in [0.2, 0.25) is 5.91 Å². The fourth-order valence-corrected chi connectivity index (χ4v) is 2.82. The molecule has 0 radical (unpaired) electrons. The second-order valence-electron chi connectivity index (χ2n) is 5.62. The SMILES string of the molecule is COc1cccc2cc(C(=O)N3CCN(C(C)=O)CC3)c(=O)oc12. The van der Waals surface area contributed by atoms with Crippen LogP contribution in [0.5, 0.6) is 5.75 Å². The molecular formula is C17H18N2O5. The zero-order valence-corrected chi connectivity index (χ0v) is 13.6. The Kier molecular flexibility index (Phi) is 4.24. The van der Waals surface area contributed by atoms with Gasteiger partial charge in [0.05, 0.1) is 7.11 Å². The Morgan fingerprint density at radius 1 is 1.12 bits per heavy atom. The molecule has 126 valence electrons. The van der Waals surface area contributed by atoms with E-state index in [1.165, 1.54) is 20.1 Å². The second-order valence-corrected chi connectivity index (χ2v) is 5.62. The molecular weight excluding hydrogens is 312 g/mol. The molecule has 0 unspecified atom stereocenters. The summed E-state index contributed by atoms with van der Waals surface area (Å²) in [6.07, 6.45) is 0. The van der Waals surface area contributed by atoms with E-state index in [0.29, 0.717) is 42.9 Å². The molecule has 1 saturated heterocycles. The molecule has 0 aliphatic carbocycles. The second kappa shape index (κ2) is 6.35. The van der Waals surface area contributed by atoms with Crippen LogP contribution in [0.4, 0.5) is 0 Å². The first-order valence-corrected chi connectivity index (χ1v) is 7.67. The van der Waals surface area contributed by atoms with Crippen LogP contribution in [0.1, 0.15) is 17.3 Å². The van der Waals surface area contributed by atoms with Crippen molar-refractivity contribution in [3.63, 3.8) is 0 Å². The Bertz CT molecular complexity index is 850. The average Bonchev–Trinajstić information content (AvgIpc) is 2.60. The number of hydrogen-bond acceptors (Lipinski definition) is 5. The molecule has 1 aliphatic heterocycles.